The van der Waals surface area contributed by atoms with E-state index in [0.29, 0.717) is 33.3 Å². The van der Waals surface area contributed by atoms with Gasteiger partial charge >= 0.3 is 0 Å². The Morgan fingerprint density at radius 3 is 2.39 bits per heavy atom. The van der Waals surface area contributed by atoms with Gasteiger partial charge in [-0.3, -0.25) is 15.2 Å². The number of anilines is 1. The summed E-state index contributed by atoms with van der Waals surface area (Å²) in [4.78, 5) is 13.3. The molecule has 6 nitrogen and oxygen atoms in total. The number of rotatable bonds is 4. The van der Waals surface area contributed by atoms with E-state index >= 15 is 0 Å². The number of nitrogens with zero attached hydrogens (tertiary/aromatic N) is 3. The molecule has 2 unspecified atom stereocenters. The highest BCUT2D eigenvalue weighted by Gasteiger charge is 2.42. The number of hydrogen-bond acceptors (Lipinski definition) is 5. The topological polar surface area (TPSA) is 68.2 Å². The lowest BCUT2D eigenvalue weighted by Crippen LogP contribution is -2.45. The van der Waals surface area contributed by atoms with Crippen LogP contribution in [0.1, 0.15) is 37.8 Å². The molecule has 2 aromatic carbocycles. The number of hydrazine groups is 1. The minimum Gasteiger partial charge on any atom is -0.508 e. The van der Waals surface area contributed by atoms with Gasteiger partial charge in [-0.15, -0.1) is 12.4 Å². The quantitative estimate of drug-likeness (QED) is 0.576. The van der Waals surface area contributed by atoms with Gasteiger partial charge in [-0.1, -0.05) is 48.7 Å². The van der Waals surface area contributed by atoms with Crippen molar-refractivity contribution in [2.45, 2.75) is 32.2 Å². The minimum absolute atomic E-state index is 0. The van der Waals surface area contributed by atoms with E-state index in [1.54, 1.807) is 29.3 Å². The lowest BCUT2D eigenvalue weighted by Gasteiger charge is -2.27. The van der Waals surface area contributed by atoms with E-state index in [9.17, 15) is 9.90 Å². The van der Waals surface area contributed by atoms with Gasteiger partial charge in [-0.05, 0) is 60.6 Å². The third-order valence-corrected chi connectivity index (χ3v) is 7.53. The van der Waals surface area contributed by atoms with Crippen LogP contribution in [0.5, 0.6) is 5.75 Å². The zero-order valence-electron chi connectivity index (χ0n) is 18.2. The third kappa shape index (κ3) is 4.67. The number of carbonyl (C=O) groups excluding carboxylic acids is 1. The van der Waals surface area contributed by atoms with Crippen LogP contribution >= 0.6 is 35.6 Å². The van der Waals surface area contributed by atoms with Gasteiger partial charge in [0.1, 0.15) is 11.5 Å². The molecule has 3 aliphatic rings. The van der Waals surface area contributed by atoms with Crippen molar-refractivity contribution in [3.63, 3.8) is 0 Å². The monoisotopic (exact) mass is 508 g/mol. The molecule has 2 fully saturated rings. The number of hydrogen-bond donors (Lipinski definition) is 2. The number of amides is 1. The molecule has 176 valence electrons. The SMILES string of the molecule is C[C@H]1C(C(=O)NN2CC3CCCC3C2)=NN(c2ccc(Cl)cc2Cl)[C@H]1c1ccc(O)cc1.Cl. The first-order valence-electron chi connectivity index (χ1n) is 11.1. The molecule has 1 aliphatic carbocycles. The maximum Gasteiger partial charge on any atom is 0.282 e. The average Bonchev–Trinajstić information content (AvgIpc) is 3.42. The number of benzene rings is 2. The maximum absolute atomic E-state index is 13.3. The molecule has 33 heavy (non-hydrogen) atoms. The van der Waals surface area contributed by atoms with E-state index < -0.39 is 0 Å². The van der Waals surface area contributed by atoms with Gasteiger partial charge in [0.15, 0.2) is 0 Å². The largest absolute Gasteiger partial charge is 0.508 e. The van der Waals surface area contributed by atoms with E-state index in [4.69, 9.17) is 28.3 Å². The van der Waals surface area contributed by atoms with Crippen LogP contribution in [0, 0.1) is 17.8 Å². The predicted molar refractivity (Wildman–Crippen MR) is 134 cm³/mol. The molecular weight excluding hydrogens is 483 g/mol. The molecule has 0 spiro atoms. The maximum atomic E-state index is 13.3. The zero-order chi connectivity index (χ0) is 22.4. The van der Waals surface area contributed by atoms with Crippen LogP contribution in [-0.4, -0.2) is 34.8 Å². The van der Waals surface area contributed by atoms with Crippen molar-refractivity contribution in [1.82, 2.24) is 10.4 Å². The fourth-order valence-electron chi connectivity index (χ4n) is 5.38. The highest BCUT2D eigenvalue weighted by Crippen LogP contribution is 2.43. The molecule has 1 saturated carbocycles. The molecular formula is C24H27Cl3N4O2. The summed E-state index contributed by atoms with van der Waals surface area (Å²) in [7, 11) is 0. The normalized spacial score (nSPS) is 26.6. The van der Waals surface area contributed by atoms with E-state index in [-0.39, 0.29) is 36.0 Å². The summed E-state index contributed by atoms with van der Waals surface area (Å²) in [6, 6.07) is 12.0. The summed E-state index contributed by atoms with van der Waals surface area (Å²) in [5.74, 6) is 1.20. The Balaban J connectivity index is 0.00000259. The Hall–Kier alpha value is -1.99. The molecule has 2 aromatic rings. The molecule has 0 radical (unpaired) electrons. The Morgan fingerprint density at radius 1 is 1.09 bits per heavy atom. The van der Waals surface area contributed by atoms with Gasteiger partial charge < -0.3 is 5.11 Å². The summed E-state index contributed by atoms with van der Waals surface area (Å²) in [5.41, 5.74) is 5.18. The molecule has 1 amide bonds. The number of phenolic OH excluding ortho intramolecular Hbond substituents is 1. The second-order valence-corrected chi connectivity index (χ2v) is 9.89. The van der Waals surface area contributed by atoms with Crippen molar-refractivity contribution in [2.75, 3.05) is 18.1 Å². The fourth-order valence-corrected chi connectivity index (χ4v) is 5.88. The van der Waals surface area contributed by atoms with Crippen molar-refractivity contribution in [2.24, 2.45) is 22.9 Å². The van der Waals surface area contributed by atoms with Gasteiger partial charge in [0.25, 0.3) is 5.91 Å². The molecule has 0 aromatic heterocycles. The predicted octanol–water partition coefficient (Wildman–Crippen LogP) is 5.44. The first kappa shape index (κ1) is 24.1. The van der Waals surface area contributed by atoms with Crippen LogP contribution in [0.3, 0.4) is 0 Å². The van der Waals surface area contributed by atoms with Gasteiger partial charge in [-0.25, -0.2) is 5.01 Å². The van der Waals surface area contributed by atoms with Crippen molar-refractivity contribution >= 4 is 52.9 Å². The van der Waals surface area contributed by atoms with Crippen molar-refractivity contribution in [1.29, 1.82) is 0 Å². The Bertz CT molecular complexity index is 1050. The molecule has 1 saturated heterocycles. The van der Waals surface area contributed by atoms with E-state index in [0.717, 1.165) is 18.7 Å². The smallest absolute Gasteiger partial charge is 0.282 e. The number of nitrogens with one attached hydrogen (secondary N) is 1. The molecule has 4 atom stereocenters. The molecule has 2 N–H and O–H groups in total. The molecule has 2 heterocycles. The van der Waals surface area contributed by atoms with Crippen LogP contribution in [0.4, 0.5) is 5.69 Å². The standard InChI is InChI=1S/C24H26Cl2N4O2.ClH/c1-14-22(24(32)28-29-12-16-3-2-4-17(16)13-29)27-30(21-10-7-18(25)11-20(21)26)23(14)15-5-8-19(31)9-6-15;/h5-11,14,16-17,23,31H,2-4,12-13H2,1H3,(H,28,32);1H/t14-,16?,17?,23+;/m0./s1. The number of carbonyl (C=O) groups is 1. The van der Waals surface area contributed by atoms with E-state index in [1.807, 2.05) is 25.1 Å². The Labute approximate surface area is 209 Å². The fraction of sp³-hybridized carbons (Fsp3) is 0.417. The lowest BCUT2D eigenvalue weighted by atomic mass is 9.91. The van der Waals surface area contributed by atoms with Crippen molar-refractivity contribution in [3.8, 4) is 5.75 Å². The second-order valence-electron chi connectivity index (χ2n) is 9.05. The first-order chi connectivity index (χ1) is 15.4. The number of halogens is 3. The van der Waals surface area contributed by atoms with Gasteiger partial charge in [0, 0.05) is 24.0 Å². The summed E-state index contributed by atoms with van der Waals surface area (Å²) >= 11 is 12.6. The van der Waals surface area contributed by atoms with Gasteiger partial charge in [0.05, 0.1) is 16.8 Å². The summed E-state index contributed by atoms with van der Waals surface area (Å²) in [6.07, 6.45) is 3.80. The summed E-state index contributed by atoms with van der Waals surface area (Å²) < 4.78 is 0. The number of hydrazone groups is 1. The van der Waals surface area contributed by atoms with Crippen LogP contribution < -0.4 is 10.4 Å². The van der Waals surface area contributed by atoms with Crippen molar-refractivity contribution in [3.05, 3.63) is 58.1 Å². The summed E-state index contributed by atoms with van der Waals surface area (Å²) in [5, 5.41) is 19.3. The van der Waals surface area contributed by atoms with Crippen LogP contribution in [0.15, 0.2) is 47.6 Å². The second kappa shape index (κ2) is 9.71. The molecule has 9 heteroatoms. The Morgan fingerprint density at radius 2 is 1.76 bits per heavy atom. The Kier molecular flexibility index (Phi) is 7.10. The van der Waals surface area contributed by atoms with Crippen molar-refractivity contribution < 1.29 is 9.90 Å². The summed E-state index contributed by atoms with van der Waals surface area (Å²) in [6.45, 7) is 3.82. The lowest BCUT2D eigenvalue weighted by molar-refractivity contribution is -0.119. The number of aromatic hydroxyl groups is 1. The van der Waals surface area contributed by atoms with Crippen LogP contribution in [-0.2, 0) is 4.79 Å². The molecule has 5 rings (SSSR count). The van der Waals surface area contributed by atoms with E-state index in [1.165, 1.54) is 19.3 Å². The average molecular weight is 510 g/mol. The highest BCUT2D eigenvalue weighted by molar-refractivity contribution is 6.41. The first-order valence-corrected chi connectivity index (χ1v) is 11.8. The number of phenols is 1. The van der Waals surface area contributed by atoms with Crippen LogP contribution in [0.2, 0.25) is 10.0 Å². The van der Waals surface area contributed by atoms with Gasteiger partial charge in [-0.2, -0.15) is 5.10 Å². The van der Waals surface area contributed by atoms with Gasteiger partial charge in [0.2, 0.25) is 0 Å². The third-order valence-electron chi connectivity index (χ3n) is 6.99. The molecule has 2 aliphatic heterocycles. The van der Waals surface area contributed by atoms with E-state index in [2.05, 4.69) is 10.4 Å². The van der Waals surface area contributed by atoms with Crippen LogP contribution in [0.25, 0.3) is 0 Å². The molecule has 0 bridgehead atoms. The zero-order valence-corrected chi connectivity index (χ0v) is 20.6. The number of fused-ring (bicyclic) bond motifs is 1. The highest BCUT2D eigenvalue weighted by atomic mass is 35.5. The minimum atomic E-state index is -0.243.